The first-order valence-corrected chi connectivity index (χ1v) is 14.2. The minimum absolute atomic E-state index is 0.121. The number of hydrogen-bond donors (Lipinski definition) is 2. The Balaban J connectivity index is 1.52. The zero-order valence-electron chi connectivity index (χ0n) is 23.0. The van der Waals surface area contributed by atoms with Crippen molar-refractivity contribution in [3.8, 4) is 17.1 Å². The van der Waals surface area contributed by atoms with E-state index in [-0.39, 0.29) is 23.5 Å². The third-order valence-corrected chi connectivity index (χ3v) is 6.66. The maximum absolute atomic E-state index is 14.6. The van der Waals surface area contributed by atoms with E-state index in [1.165, 1.54) is 18.2 Å². The molecule has 0 aliphatic carbocycles. The monoisotopic (exact) mass is 570 g/mol. The summed E-state index contributed by atoms with van der Waals surface area (Å²) >= 11 is 6.11. The van der Waals surface area contributed by atoms with Crippen LogP contribution in [0.3, 0.4) is 0 Å². The van der Waals surface area contributed by atoms with Crippen molar-refractivity contribution in [3.05, 3.63) is 53.4 Å². The maximum Gasteiger partial charge on any atom is 0.257 e. The summed E-state index contributed by atoms with van der Waals surface area (Å²) in [5, 5.41) is 15.0. The van der Waals surface area contributed by atoms with Crippen LogP contribution in [0.4, 0.5) is 21.6 Å². The molecule has 1 saturated heterocycles. The molecule has 2 N–H and O–H groups in total. The molecule has 0 radical (unpaired) electrons. The first kappa shape index (κ1) is 29.6. The number of amides is 1. The normalized spacial score (nSPS) is 14.9. The molecule has 3 heterocycles. The fourth-order valence-electron chi connectivity index (χ4n) is 4.44. The van der Waals surface area contributed by atoms with Crippen molar-refractivity contribution in [2.45, 2.75) is 52.1 Å². The number of pyridine rings is 1. The molecule has 40 heavy (non-hydrogen) atoms. The Morgan fingerprint density at radius 1 is 1.15 bits per heavy atom. The molecule has 2 aromatic heterocycles. The van der Waals surface area contributed by atoms with Gasteiger partial charge in [-0.05, 0) is 56.3 Å². The molecule has 0 saturated carbocycles. The van der Waals surface area contributed by atoms with E-state index >= 15 is 0 Å². The van der Waals surface area contributed by atoms with Gasteiger partial charge in [-0.1, -0.05) is 38.3 Å². The average molecular weight is 571 g/mol. The largest absolute Gasteiger partial charge is 0.469 e. The molecule has 0 bridgehead atoms. The van der Waals surface area contributed by atoms with Gasteiger partial charge in [-0.2, -0.15) is 0 Å². The lowest BCUT2D eigenvalue weighted by Gasteiger charge is -2.21. The van der Waals surface area contributed by atoms with Crippen molar-refractivity contribution in [2.75, 3.05) is 43.5 Å². The Labute approximate surface area is 239 Å². The van der Waals surface area contributed by atoms with Gasteiger partial charge in [0.05, 0.1) is 25.5 Å². The van der Waals surface area contributed by atoms with Crippen LogP contribution in [-0.4, -0.2) is 64.9 Å². The first-order chi connectivity index (χ1) is 19.4. The highest BCUT2D eigenvalue weighted by molar-refractivity contribution is 6.30. The van der Waals surface area contributed by atoms with Crippen LogP contribution in [0, 0.1) is 5.82 Å². The Morgan fingerprint density at radius 3 is 2.80 bits per heavy atom. The number of carbonyl (C=O) groups excluding carboxylic acids is 1. The number of nitrogens with one attached hydrogen (secondary N) is 2. The van der Waals surface area contributed by atoms with E-state index in [2.05, 4.69) is 44.6 Å². The Kier molecular flexibility index (Phi) is 11.0. The van der Waals surface area contributed by atoms with Crippen LogP contribution in [-0.2, 0) is 9.53 Å². The predicted octanol–water partition coefficient (Wildman–Crippen LogP) is 6.08. The van der Waals surface area contributed by atoms with Crippen LogP contribution in [0.1, 0.15) is 46.0 Å². The minimum atomic E-state index is -0.469. The van der Waals surface area contributed by atoms with Crippen LogP contribution in [0.15, 0.2) is 42.6 Å². The van der Waals surface area contributed by atoms with Crippen molar-refractivity contribution in [3.63, 3.8) is 0 Å². The summed E-state index contributed by atoms with van der Waals surface area (Å²) in [6.45, 7) is 7.40. The number of halogens is 2. The highest BCUT2D eigenvalue weighted by Gasteiger charge is 2.21. The average Bonchev–Trinajstić information content (AvgIpc) is 3.45. The third-order valence-electron chi connectivity index (χ3n) is 6.42. The molecule has 1 fully saturated rings. The van der Waals surface area contributed by atoms with Gasteiger partial charge in [0.1, 0.15) is 23.4 Å². The molecule has 4 rings (SSSR count). The van der Waals surface area contributed by atoms with E-state index in [0.29, 0.717) is 47.7 Å². The summed E-state index contributed by atoms with van der Waals surface area (Å²) in [5.74, 6) is 0.0774. The quantitative estimate of drug-likeness (QED) is 0.225. The number of rotatable bonds is 14. The van der Waals surface area contributed by atoms with Crippen LogP contribution in [0.25, 0.3) is 11.3 Å². The van der Waals surface area contributed by atoms with Gasteiger partial charge >= 0.3 is 0 Å². The molecule has 1 aliphatic rings. The number of benzene rings is 1. The number of hydrogen-bond acceptors (Lipinski definition) is 8. The van der Waals surface area contributed by atoms with Crippen LogP contribution >= 0.6 is 11.6 Å². The van der Waals surface area contributed by atoms with Crippen LogP contribution in [0.2, 0.25) is 5.02 Å². The van der Waals surface area contributed by atoms with E-state index in [1.54, 1.807) is 24.4 Å². The predicted molar refractivity (Wildman–Crippen MR) is 155 cm³/mol. The van der Waals surface area contributed by atoms with E-state index < -0.39 is 5.82 Å². The van der Waals surface area contributed by atoms with Crippen molar-refractivity contribution < 1.29 is 18.7 Å². The Bertz CT molecular complexity index is 1270. The molecule has 1 amide bonds. The molecule has 1 atom stereocenters. The summed E-state index contributed by atoms with van der Waals surface area (Å²) in [6, 6.07) is 9.40. The van der Waals surface area contributed by atoms with Gasteiger partial charge in [-0.25, -0.2) is 9.37 Å². The van der Waals surface area contributed by atoms with Gasteiger partial charge in [0.25, 0.3) is 5.88 Å². The lowest BCUT2D eigenvalue weighted by Crippen LogP contribution is -2.34. The second-order valence-electron chi connectivity index (χ2n) is 9.76. The lowest BCUT2D eigenvalue weighted by molar-refractivity contribution is -0.117. The summed E-state index contributed by atoms with van der Waals surface area (Å²) in [7, 11) is 0. The summed E-state index contributed by atoms with van der Waals surface area (Å²) < 4.78 is 26.1. The molecule has 9 nitrogen and oxygen atoms in total. The highest BCUT2D eigenvalue weighted by atomic mass is 35.5. The number of aromatic nitrogens is 3. The molecule has 0 spiro atoms. The summed E-state index contributed by atoms with van der Waals surface area (Å²) in [4.78, 5) is 19.3. The molecule has 3 aromatic rings. The fraction of sp³-hybridized carbons (Fsp3) is 0.448. The molecule has 1 aliphatic heterocycles. The third kappa shape index (κ3) is 8.58. The second kappa shape index (κ2) is 14.9. The molecule has 1 unspecified atom stereocenters. The van der Waals surface area contributed by atoms with Gasteiger partial charge in [0, 0.05) is 35.0 Å². The Hall–Kier alpha value is -3.34. The number of anilines is 3. The van der Waals surface area contributed by atoms with Crippen molar-refractivity contribution in [1.82, 2.24) is 20.1 Å². The topological polar surface area (TPSA) is 102 Å². The number of nitrogens with zero attached hydrogens (tertiary/aromatic N) is 4. The fourth-order valence-corrected chi connectivity index (χ4v) is 4.61. The molecule has 11 heteroatoms. The standard InChI is InChI=1S/C29H36ClFN6O3/c1-3-5-6-13-37(12-4-2)18-28(38)34-27-16-21(9-11-32-27)33-26-17-25(23-15-20(30)7-8-24(23)31)35-36-29(26)40-22-10-14-39-19-22/h7-9,11,15-17,22H,3-6,10,12-14,18-19H2,1-2H3,(H2,32,33,34,35,38). The van der Waals surface area contributed by atoms with E-state index in [0.717, 1.165) is 45.2 Å². The van der Waals surface area contributed by atoms with Crippen LogP contribution < -0.4 is 15.4 Å². The molecular formula is C29H36ClFN6O3. The van der Waals surface area contributed by atoms with Gasteiger partial charge in [-0.15, -0.1) is 10.2 Å². The van der Waals surface area contributed by atoms with Gasteiger partial charge in [0.2, 0.25) is 5.91 Å². The zero-order chi connectivity index (χ0) is 28.3. The van der Waals surface area contributed by atoms with Crippen molar-refractivity contribution in [1.29, 1.82) is 0 Å². The van der Waals surface area contributed by atoms with E-state index in [1.807, 2.05) is 0 Å². The van der Waals surface area contributed by atoms with E-state index in [4.69, 9.17) is 21.1 Å². The molecule has 214 valence electrons. The number of ether oxygens (including phenoxy) is 2. The van der Waals surface area contributed by atoms with Crippen LogP contribution in [0.5, 0.6) is 5.88 Å². The number of carbonyl (C=O) groups is 1. The van der Waals surface area contributed by atoms with Crippen molar-refractivity contribution in [2.24, 2.45) is 0 Å². The first-order valence-electron chi connectivity index (χ1n) is 13.8. The molecule has 1 aromatic carbocycles. The second-order valence-corrected chi connectivity index (χ2v) is 10.2. The summed E-state index contributed by atoms with van der Waals surface area (Å²) in [6.07, 6.45) is 6.49. The molecular weight excluding hydrogens is 535 g/mol. The van der Waals surface area contributed by atoms with Gasteiger partial charge in [0.15, 0.2) is 0 Å². The maximum atomic E-state index is 14.6. The SMILES string of the molecule is CCCCCN(CCC)CC(=O)Nc1cc(Nc2cc(-c3cc(Cl)ccc3F)nnc2OC2CCOC2)ccn1. The summed E-state index contributed by atoms with van der Waals surface area (Å²) in [5.41, 5.74) is 1.62. The Morgan fingerprint density at radius 2 is 2.02 bits per heavy atom. The number of unbranched alkanes of at least 4 members (excludes halogenated alkanes) is 2. The minimum Gasteiger partial charge on any atom is -0.469 e. The zero-order valence-corrected chi connectivity index (χ0v) is 23.7. The smallest absolute Gasteiger partial charge is 0.257 e. The van der Waals surface area contributed by atoms with Gasteiger partial charge in [-0.3, -0.25) is 9.69 Å². The van der Waals surface area contributed by atoms with Crippen molar-refractivity contribution >= 4 is 34.7 Å². The van der Waals surface area contributed by atoms with Gasteiger partial charge < -0.3 is 20.1 Å². The highest BCUT2D eigenvalue weighted by Crippen LogP contribution is 2.33. The lowest BCUT2D eigenvalue weighted by atomic mass is 10.1. The van der Waals surface area contributed by atoms with E-state index in [9.17, 15) is 9.18 Å².